The SMILES string of the molecule is O=C(Nc1cccc(SC(C(=O)Nc2ccccc2Br)c2ccccc2)c1)/C(=C/c1cccnc1)NC(=O)c1ccccc1. The van der Waals surface area contributed by atoms with Crippen LogP contribution in [0.4, 0.5) is 11.4 Å². The molecule has 7 nitrogen and oxygen atoms in total. The lowest BCUT2D eigenvalue weighted by molar-refractivity contribution is -0.116. The number of aromatic nitrogens is 1. The standard InChI is InChI=1S/C35H27BrN4O3S/c36-29-18-7-8-19-30(29)39-35(43)32(25-12-3-1-4-13-25)44-28-17-9-16-27(22-28)38-34(42)31(21-24-11-10-20-37-23-24)40-33(41)26-14-5-2-6-15-26/h1-23,32H,(H,38,42)(H,39,43)(H,40,41)/b31-21-. The monoisotopic (exact) mass is 662 g/mol. The molecule has 0 radical (unpaired) electrons. The molecule has 3 N–H and O–H groups in total. The van der Waals surface area contributed by atoms with Crippen LogP contribution in [0, 0.1) is 0 Å². The number of carbonyl (C=O) groups is 3. The molecule has 0 fully saturated rings. The molecule has 0 aliphatic heterocycles. The molecule has 5 rings (SSSR count). The molecule has 0 aliphatic carbocycles. The molecule has 3 amide bonds. The molecule has 0 aliphatic rings. The van der Waals surface area contributed by atoms with E-state index >= 15 is 0 Å². The van der Waals surface area contributed by atoms with Crippen LogP contribution in [0.1, 0.15) is 26.7 Å². The van der Waals surface area contributed by atoms with Crippen LogP contribution in [-0.2, 0) is 9.59 Å². The van der Waals surface area contributed by atoms with Crippen molar-refractivity contribution in [2.75, 3.05) is 10.6 Å². The predicted molar refractivity (Wildman–Crippen MR) is 179 cm³/mol. The van der Waals surface area contributed by atoms with Gasteiger partial charge in [-0.2, -0.15) is 0 Å². The van der Waals surface area contributed by atoms with Gasteiger partial charge in [0.15, 0.2) is 0 Å². The van der Waals surface area contributed by atoms with E-state index in [1.807, 2.05) is 66.7 Å². The number of amides is 3. The molecule has 4 aromatic carbocycles. The first kappa shape index (κ1) is 30.5. The largest absolute Gasteiger partial charge is 0.324 e. The molecular weight excluding hydrogens is 636 g/mol. The molecule has 1 atom stereocenters. The number of para-hydroxylation sites is 1. The maximum absolute atomic E-state index is 13.5. The van der Waals surface area contributed by atoms with Crippen molar-refractivity contribution in [1.29, 1.82) is 0 Å². The summed E-state index contributed by atoms with van der Waals surface area (Å²) in [6, 6.07) is 36.4. The van der Waals surface area contributed by atoms with Gasteiger partial charge in [0.2, 0.25) is 5.91 Å². The molecule has 1 unspecified atom stereocenters. The zero-order valence-electron chi connectivity index (χ0n) is 23.3. The van der Waals surface area contributed by atoms with Gasteiger partial charge in [-0.3, -0.25) is 19.4 Å². The lowest BCUT2D eigenvalue weighted by atomic mass is 10.1. The Morgan fingerprint density at radius 2 is 1.50 bits per heavy atom. The zero-order chi connectivity index (χ0) is 30.7. The minimum Gasteiger partial charge on any atom is -0.324 e. The van der Waals surface area contributed by atoms with E-state index in [0.717, 1.165) is 14.9 Å². The molecule has 218 valence electrons. The summed E-state index contributed by atoms with van der Waals surface area (Å²) in [6.07, 6.45) is 4.80. The Morgan fingerprint density at radius 1 is 0.773 bits per heavy atom. The highest BCUT2D eigenvalue weighted by atomic mass is 79.9. The smallest absolute Gasteiger partial charge is 0.272 e. The van der Waals surface area contributed by atoms with E-state index in [1.165, 1.54) is 11.8 Å². The van der Waals surface area contributed by atoms with Crippen molar-refractivity contribution in [1.82, 2.24) is 10.3 Å². The number of benzene rings is 4. The third-order valence-corrected chi connectivity index (χ3v) is 8.28. The van der Waals surface area contributed by atoms with Crippen LogP contribution in [0.3, 0.4) is 0 Å². The highest BCUT2D eigenvalue weighted by molar-refractivity contribution is 9.10. The number of rotatable bonds is 10. The van der Waals surface area contributed by atoms with Gasteiger partial charge in [-0.1, -0.05) is 72.8 Å². The number of hydrogen-bond donors (Lipinski definition) is 3. The van der Waals surface area contributed by atoms with Crippen LogP contribution in [-0.4, -0.2) is 22.7 Å². The average Bonchev–Trinajstić information content (AvgIpc) is 3.06. The van der Waals surface area contributed by atoms with Gasteiger partial charge in [0.1, 0.15) is 10.9 Å². The predicted octanol–water partition coefficient (Wildman–Crippen LogP) is 7.73. The number of thioether (sulfide) groups is 1. The van der Waals surface area contributed by atoms with Crippen LogP contribution < -0.4 is 16.0 Å². The number of nitrogens with zero attached hydrogens (tertiary/aromatic N) is 1. The van der Waals surface area contributed by atoms with Gasteiger partial charge in [-0.25, -0.2) is 0 Å². The Kier molecular flexibility index (Phi) is 10.4. The second-order valence-corrected chi connectivity index (χ2v) is 11.6. The summed E-state index contributed by atoms with van der Waals surface area (Å²) in [4.78, 5) is 44.8. The van der Waals surface area contributed by atoms with Crippen molar-refractivity contribution in [3.63, 3.8) is 0 Å². The van der Waals surface area contributed by atoms with E-state index in [2.05, 4.69) is 36.9 Å². The van der Waals surface area contributed by atoms with E-state index in [9.17, 15) is 14.4 Å². The molecule has 0 saturated heterocycles. The summed E-state index contributed by atoms with van der Waals surface area (Å²) >= 11 is 4.86. The Bertz CT molecular complexity index is 1780. The van der Waals surface area contributed by atoms with Crippen LogP contribution in [0.2, 0.25) is 0 Å². The normalized spacial score (nSPS) is 11.7. The Morgan fingerprint density at radius 3 is 2.23 bits per heavy atom. The first-order valence-electron chi connectivity index (χ1n) is 13.6. The molecule has 5 aromatic rings. The molecule has 0 saturated carbocycles. The molecule has 9 heteroatoms. The first-order valence-corrected chi connectivity index (χ1v) is 15.3. The Hall–Kier alpha value is -4.99. The Balaban J connectivity index is 1.37. The summed E-state index contributed by atoms with van der Waals surface area (Å²) < 4.78 is 0.782. The zero-order valence-corrected chi connectivity index (χ0v) is 25.7. The second-order valence-electron chi connectivity index (χ2n) is 9.52. The third-order valence-electron chi connectivity index (χ3n) is 6.34. The number of halogens is 1. The summed E-state index contributed by atoms with van der Waals surface area (Å²) in [6.45, 7) is 0. The summed E-state index contributed by atoms with van der Waals surface area (Å²) in [5.41, 5.74) is 3.14. The van der Waals surface area contributed by atoms with E-state index in [-0.39, 0.29) is 11.6 Å². The highest BCUT2D eigenvalue weighted by Crippen LogP contribution is 2.37. The minimum atomic E-state index is -0.569. The number of hydrogen-bond acceptors (Lipinski definition) is 5. The van der Waals surface area contributed by atoms with E-state index < -0.39 is 17.1 Å². The second kappa shape index (κ2) is 15.0. The van der Waals surface area contributed by atoms with E-state index in [4.69, 9.17) is 0 Å². The van der Waals surface area contributed by atoms with Gasteiger partial charge < -0.3 is 16.0 Å². The van der Waals surface area contributed by atoms with Gasteiger partial charge in [0.25, 0.3) is 11.8 Å². The van der Waals surface area contributed by atoms with Gasteiger partial charge in [-0.15, -0.1) is 11.8 Å². The van der Waals surface area contributed by atoms with Crippen molar-refractivity contribution in [3.05, 3.63) is 161 Å². The van der Waals surface area contributed by atoms with E-state index in [1.54, 1.807) is 73.1 Å². The van der Waals surface area contributed by atoms with Crippen LogP contribution >= 0.6 is 27.7 Å². The van der Waals surface area contributed by atoms with Crippen LogP contribution in [0.5, 0.6) is 0 Å². The van der Waals surface area contributed by atoms with Crippen LogP contribution in [0.25, 0.3) is 6.08 Å². The number of pyridine rings is 1. The van der Waals surface area contributed by atoms with Gasteiger partial charge in [0.05, 0.1) is 5.69 Å². The minimum absolute atomic E-state index is 0.0555. The lowest BCUT2D eigenvalue weighted by Gasteiger charge is -2.18. The van der Waals surface area contributed by atoms with Gasteiger partial charge in [0, 0.05) is 33.0 Å². The molecule has 0 spiro atoms. The summed E-state index contributed by atoms with van der Waals surface area (Å²) in [5, 5.41) is 8.07. The van der Waals surface area contributed by atoms with Crippen molar-refractivity contribution < 1.29 is 14.4 Å². The Labute approximate surface area is 268 Å². The third kappa shape index (κ3) is 8.31. The fourth-order valence-corrected chi connectivity index (χ4v) is 5.68. The first-order chi connectivity index (χ1) is 21.5. The van der Waals surface area contributed by atoms with Crippen molar-refractivity contribution >= 4 is 62.9 Å². The van der Waals surface area contributed by atoms with Crippen molar-refractivity contribution in [2.45, 2.75) is 10.1 Å². The quantitative estimate of drug-likeness (QED) is 0.105. The maximum Gasteiger partial charge on any atom is 0.272 e. The average molecular weight is 664 g/mol. The van der Waals surface area contributed by atoms with Gasteiger partial charge in [-0.05, 0) is 81.7 Å². The number of carbonyl (C=O) groups excluding carboxylic acids is 3. The lowest BCUT2D eigenvalue weighted by Crippen LogP contribution is -2.30. The summed E-state index contributed by atoms with van der Waals surface area (Å²) in [7, 11) is 0. The molecular formula is C35H27BrN4O3S. The van der Waals surface area contributed by atoms with Crippen molar-refractivity contribution in [3.8, 4) is 0 Å². The number of anilines is 2. The summed E-state index contributed by atoms with van der Waals surface area (Å²) in [5.74, 6) is -1.11. The van der Waals surface area contributed by atoms with E-state index in [0.29, 0.717) is 22.5 Å². The maximum atomic E-state index is 13.5. The van der Waals surface area contributed by atoms with Crippen molar-refractivity contribution in [2.24, 2.45) is 0 Å². The highest BCUT2D eigenvalue weighted by Gasteiger charge is 2.23. The molecule has 1 aromatic heterocycles. The van der Waals surface area contributed by atoms with Gasteiger partial charge >= 0.3 is 0 Å². The molecule has 44 heavy (non-hydrogen) atoms. The topological polar surface area (TPSA) is 100 Å². The van der Waals surface area contributed by atoms with Crippen LogP contribution in [0.15, 0.2) is 149 Å². The number of nitrogens with one attached hydrogen (secondary N) is 3. The fraction of sp³-hybridized carbons (Fsp3) is 0.0286. The molecule has 0 bridgehead atoms. The molecule has 1 heterocycles. The fourth-order valence-electron chi connectivity index (χ4n) is 4.21.